The first-order valence-corrected chi connectivity index (χ1v) is 5.61. The number of nitrogens with zero attached hydrogens (tertiary/aromatic N) is 1. The highest BCUT2D eigenvalue weighted by Gasteiger charge is 2.18. The van der Waals surface area contributed by atoms with Crippen LogP contribution in [0.3, 0.4) is 0 Å². The third-order valence-electron chi connectivity index (χ3n) is 2.75. The number of carbonyl (C=O) groups is 1. The van der Waals surface area contributed by atoms with Crippen LogP contribution >= 0.6 is 0 Å². The van der Waals surface area contributed by atoms with E-state index in [1.165, 1.54) is 6.26 Å². The lowest BCUT2D eigenvalue weighted by atomic mass is 10.2. The molecule has 0 saturated carbocycles. The van der Waals surface area contributed by atoms with E-state index in [0.29, 0.717) is 12.1 Å². The van der Waals surface area contributed by atoms with Crippen LogP contribution in [0, 0.1) is 0 Å². The van der Waals surface area contributed by atoms with Gasteiger partial charge in [-0.2, -0.15) is 0 Å². The largest absolute Gasteiger partial charge is 0.467 e. The van der Waals surface area contributed by atoms with Gasteiger partial charge in [0.05, 0.1) is 24.8 Å². The minimum absolute atomic E-state index is 0.241. The number of furan rings is 1. The lowest BCUT2D eigenvalue weighted by Crippen LogP contribution is -2.40. The lowest BCUT2D eigenvalue weighted by Gasteiger charge is -2.30. The average Bonchev–Trinajstić information content (AvgIpc) is 2.76. The number of hydrogen-bond donors (Lipinski definition) is 2. The molecule has 1 unspecified atom stereocenters. The van der Waals surface area contributed by atoms with Crippen LogP contribution < -0.4 is 11.3 Å². The number of ether oxygens (including phenoxy) is 1. The fraction of sp³-hybridized carbons (Fsp3) is 0.545. The highest BCUT2D eigenvalue weighted by atomic mass is 16.5. The van der Waals surface area contributed by atoms with E-state index < -0.39 is 0 Å². The van der Waals surface area contributed by atoms with Crippen molar-refractivity contribution >= 4 is 5.91 Å². The molecule has 1 aliphatic rings. The first-order valence-electron chi connectivity index (χ1n) is 5.61. The zero-order valence-electron chi connectivity index (χ0n) is 9.81. The van der Waals surface area contributed by atoms with E-state index in [1.54, 1.807) is 6.07 Å². The quantitative estimate of drug-likeness (QED) is 0.444. The van der Waals surface area contributed by atoms with Gasteiger partial charge in [0.15, 0.2) is 0 Å². The number of nitrogens with one attached hydrogen (secondary N) is 1. The highest BCUT2D eigenvalue weighted by Crippen LogP contribution is 2.13. The molecule has 0 bridgehead atoms. The molecule has 1 atom stereocenters. The highest BCUT2D eigenvalue weighted by molar-refractivity contribution is 5.93. The monoisotopic (exact) mass is 239 g/mol. The van der Waals surface area contributed by atoms with Gasteiger partial charge in [0.1, 0.15) is 12.0 Å². The van der Waals surface area contributed by atoms with Crippen LogP contribution in [0.15, 0.2) is 16.7 Å². The van der Waals surface area contributed by atoms with E-state index in [1.807, 2.05) is 6.92 Å². The molecule has 2 rings (SSSR count). The Bertz CT molecular complexity index is 391. The second-order valence-electron chi connectivity index (χ2n) is 4.19. The van der Waals surface area contributed by atoms with Gasteiger partial charge >= 0.3 is 0 Å². The van der Waals surface area contributed by atoms with Crippen molar-refractivity contribution in [1.82, 2.24) is 10.3 Å². The van der Waals surface area contributed by atoms with Crippen LogP contribution in [0.25, 0.3) is 0 Å². The Hall–Kier alpha value is -1.37. The molecular weight excluding hydrogens is 222 g/mol. The zero-order valence-corrected chi connectivity index (χ0v) is 9.81. The summed E-state index contributed by atoms with van der Waals surface area (Å²) >= 11 is 0. The van der Waals surface area contributed by atoms with Crippen LogP contribution in [0.5, 0.6) is 0 Å². The van der Waals surface area contributed by atoms with Crippen molar-refractivity contribution in [2.75, 3.05) is 19.7 Å². The Kier molecular flexibility index (Phi) is 3.78. The number of nitrogen functional groups attached to an aromatic ring is 1. The Morgan fingerprint density at radius 1 is 1.71 bits per heavy atom. The van der Waals surface area contributed by atoms with E-state index >= 15 is 0 Å². The van der Waals surface area contributed by atoms with Gasteiger partial charge in [0.25, 0.3) is 5.91 Å². The van der Waals surface area contributed by atoms with Crippen molar-refractivity contribution in [3.63, 3.8) is 0 Å². The van der Waals surface area contributed by atoms with E-state index in [0.717, 1.165) is 25.5 Å². The average molecular weight is 239 g/mol. The van der Waals surface area contributed by atoms with Crippen LogP contribution in [0.2, 0.25) is 0 Å². The van der Waals surface area contributed by atoms with Crippen molar-refractivity contribution in [1.29, 1.82) is 0 Å². The third-order valence-corrected chi connectivity index (χ3v) is 2.75. The van der Waals surface area contributed by atoms with Gasteiger partial charge in [-0.25, -0.2) is 5.84 Å². The van der Waals surface area contributed by atoms with Crippen LogP contribution in [0.1, 0.15) is 23.0 Å². The fourth-order valence-electron chi connectivity index (χ4n) is 1.92. The molecule has 0 aliphatic carbocycles. The molecule has 1 aromatic heterocycles. The summed E-state index contributed by atoms with van der Waals surface area (Å²) in [4.78, 5) is 13.5. The van der Waals surface area contributed by atoms with Crippen molar-refractivity contribution in [3.8, 4) is 0 Å². The second-order valence-corrected chi connectivity index (χ2v) is 4.19. The minimum Gasteiger partial charge on any atom is -0.467 e. The Morgan fingerprint density at radius 2 is 2.53 bits per heavy atom. The van der Waals surface area contributed by atoms with Gasteiger partial charge in [0, 0.05) is 13.1 Å². The molecular formula is C11H17N3O3. The topological polar surface area (TPSA) is 80.7 Å². The summed E-state index contributed by atoms with van der Waals surface area (Å²) in [6.07, 6.45) is 1.66. The molecule has 0 spiro atoms. The Morgan fingerprint density at radius 3 is 3.24 bits per heavy atom. The van der Waals surface area contributed by atoms with Gasteiger partial charge in [-0.05, 0) is 13.0 Å². The minimum atomic E-state index is -0.338. The maximum Gasteiger partial charge on any atom is 0.268 e. The number of hydrazine groups is 1. The van der Waals surface area contributed by atoms with Crippen molar-refractivity contribution in [2.45, 2.75) is 19.6 Å². The summed E-state index contributed by atoms with van der Waals surface area (Å²) in [6, 6.07) is 1.71. The van der Waals surface area contributed by atoms with Gasteiger partial charge in [-0.3, -0.25) is 15.1 Å². The van der Waals surface area contributed by atoms with E-state index in [-0.39, 0.29) is 12.0 Å². The summed E-state index contributed by atoms with van der Waals surface area (Å²) in [7, 11) is 0. The van der Waals surface area contributed by atoms with Crippen molar-refractivity contribution < 1.29 is 13.9 Å². The summed E-state index contributed by atoms with van der Waals surface area (Å²) in [5, 5.41) is 0. The predicted molar refractivity (Wildman–Crippen MR) is 61.1 cm³/mol. The molecule has 3 N–H and O–H groups in total. The van der Waals surface area contributed by atoms with Crippen LogP contribution in [0.4, 0.5) is 0 Å². The van der Waals surface area contributed by atoms with Gasteiger partial charge in [-0.15, -0.1) is 0 Å². The van der Waals surface area contributed by atoms with E-state index in [4.69, 9.17) is 15.0 Å². The molecule has 1 amide bonds. The first kappa shape index (κ1) is 12.1. The van der Waals surface area contributed by atoms with Crippen molar-refractivity contribution in [3.05, 3.63) is 23.7 Å². The molecule has 1 aliphatic heterocycles. The Balaban J connectivity index is 1.94. The lowest BCUT2D eigenvalue weighted by molar-refractivity contribution is -0.0230. The summed E-state index contributed by atoms with van der Waals surface area (Å²) in [5.74, 6) is 5.47. The van der Waals surface area contributed by atoms with E-state index in [2.05, 4.69) is 10.3 Å². The zero-order chi connectivity index (χ0) is 12.3. The SMILES string of the molecule is CC1CN(Cc2cc(C(=O)NN)co2)CCO1. The molecule has 2 heterocycles. The molecule has 0 aromatic carbocycles. The van der Waals surface area contributed by atoms with Gasteiger partial charge in [0.2, 0.25) is 0 Å². The number of nitrogens with two attached hydrogens (primary N) is 1. The number of morpholine rings is 1. The molecule has 94 valence electrons. The predicted octanol–water partition coefficient (Wildman–Crippen LogP) is 0.104. The molecule has 1 fully saturated rings. The smallest absolute Gasteiger partial charge is 0.268 e. The maximum atomic E-state index is 11.2. The molecule has 1 saturated heterocycles. The molecule has 6 heteroatoms. The Labute approximate surface area is 99.7 Å². The number of amides is 1. The van der Waals surface area contributed by atoms with Crippen LogP contribution in [-0.2, 0) is 11.3 Å². The maximum absolute atomic E-state index is 11.2. The second kappa shape index (κ2) is 5.31. The molecule has 17 heavy (non-hydrogen) atoms. The summed E-state index contributed by atoms with van der Waals surface area (Å²) in [5.41, 5.74) is 2.52. The van der Waals surface area contributed by atoms with E-state index in [9.17, 15) is 4.79 Å². The summed E-state index contributed by atoms with van der Waals surface area (Å²) < 4.78 is 10.8. The molecule has 6 nitrogen and oxygen atoms in total. The number of carbonyl (C=O) groups excluding carboxylic acids is 1. The van der Waals surface area contributed by atoms with Gasteiger partial charge in [-0.1, -0.05) is 0 Å². The fourth-order valence-corrected chi connectivity index (χ4v) is 1.92. The van der Waals surface area contributed by atoms with Crippen molar-refractivity contribution in [2.24, 2.45) is 5.84 Å². The molecule has 0 radical (unpaired) electrons. The normalized spacial score (nSPS) is 21.4. The number of rotatable bonds is 3. The first-order chi connectivity index (χ1) is 8.19. The number of hydrogen-bond acceptors (Lipinski definition) is 5. The van der Waals surface area contributed by atoms with Gasteiger partial charge < -0.3 is 9.15 Å². The van der Waals surface area contributed by atoms with Crippen LogP contribution in [-0.4, -0.2) is 36.6 Å². The third kappa shape index (κ3) is 3.06. The molecule has 1 aromatic rings. The standard InChI is InChI=1S/C11H17N3O3/c1-8-5-14(2-3-16-8)6-10-4-9(7-17-10)11(15)13-12/h4,7-8H,2-3,5-6,12H2,1H3,(H,13,15). The summed E-state index contributed by atoms with van der Waals surface area (Å²) in [6.45, 7) is 5.22.